The first-order valence-electron chi connectivity index (χ1n) is 13.6. The summed E-state index contributed by atoms with van der Waals surface area (Å²) in [5.41, 5.74) is 4.17. The van der Waals surface area contributed by atoms with E-state index in [0.717, 1.165) is 32.1 Å². The number of rotatable bonds is 3. The molecule has 1 N–H and O–H groups in total. The van der Waals surface area contributed by atoms with Crippen molar-refractivity contribution in [3.63, 3.8) is 0 Å². The number of fused-ring (bicyclic) bond motifs is 4. The molecule has 0 aromatic heterocycles. The Bertz CT molecular complexity index is 1000. The third kappa shape index (κ3) is 3.06. The first-order chi connectivity index (χ1) is 15.7. The molecule has 4 heteroatoms. The fraction of sp³-hybridized carbons (Fsp3) is 0.800. The Morgan fingerprint density at radius 2 is 1.71 bits per heavy atom. The zero-order valence-electron chi connectivity index (χ0n) is 22.3. The predicted molar refractivity (Wildman–Crippen MR) is 133 cm³/mol. The second kappa shape index (κ2) is 7.31. The van der Waals surface area contributed by atoms with Gasteiger partial charge in [0.25, 0.3) is 0 Å². The van der Waals surface area contributed by atoms with E-state index in [0.29, 0.717) is 36.0 Å². The van der Waals surface area contributed by atoms with Gasteiger partial charge in [0.15, 0.2) is 0 Å². The SMILES string of the molecule is CC1=CC(O)(C[C@@H](C)[C@H]2CC[C@@]3(C)C4=C(CC[C@]23C)[C@@]2(C)CCC(=O)C(C)(C)[C@@H]2CC4)OC1=O. The van der Waals surface area contributed by atoms with Crippen molar-refractivity contribution in [1.29, 1.82) is 0 Å². The summed E-state index contributed by atoms with van der Waals surface area (Å²) in [5.74, 6) is -0.212. The molecule has 0 radical (unpaired) electrons. The lowest BCUT2D eigenvalue weighted by Crippen LogP contribution is -2.54. The average molecular weight is 469 g/mol. The summed E-state index contributed by atoms with van der Waals surface area (Å²) in [6.45, 7) is 15.8. The van der Waals surface area contributed by atoms with Crippen LogP contribution >= 0.6 is 0 Å². The molecule has 34 heavy (non-hydrogen) atoms. The van der Waals surface area contributed by atoms with Crippen molar-refractivity contribution >= 4 is 11.8 Å². The van der Waals surface area contributed by atoms with Crippen LogP contribution in [0.5, 0.6) is 0 Å². The monoisotopic (exact) mass is 468 g/mol. The van der Waals surface area contributed by atoms with Crippen LogP contribution in [0.3, 0.4) is 0 Å². The van der Waals surface area contributed by atoms with Crippen LogP contribution < -0.4 is 0 Å². The average Bonchev–Trinajstić information content (AvgIpc) is 3.16. The van der Waals surface area contributed by atoms with Crippen LogP contribution in [-0.4, -0.2) is 22.6 Å². The number of carbonyl (C=O) groups is 2. The standard InChI is InChI=1S/C30H44O4/c1-18(16-30(33)17-19(2)25(32)34-30)20-10-14-29(7)22-8-9-23-26(3,4)24(31)12-13-27(23,5)21(22)11-15-28(20,29)6/h17-18,20,23,33H,8-16H2,1-7H3/t18-,20-,23+,27-,28-,29+,30?/m1/s1. The van der Waals surface area contributed by atoms with Gasteiger partial charge < -0.3 is 9.84 Å². The highest BCUT2D eigenvalue weighted by atomic mass is 16.7. The zero-order chi connectivity index (χ0) is 24.9. The summed E-state index contributed by atoms with van der Waals surface area (Å²) in [6.07, 6.45) is 10.7. The Hall–Kier alpha value is -1.42. The molecule has 188 valence electrons. The van der Waals surface area contributed by atoms with Crippen LogP contribution in [0, 0.1) is 39.4 Å². The van der Waals surface area contributed by atoms with Gasteiger partial charge in [0.1, 0.15) is 5.78 Å². The third-order valence-corrected chi connectivity index (χ3v) is 11.9. The zero-order valence-corrected chi connectivity index (χ0v) is 22.3. The van der Waals surface area contributed by atoms with Crippen LogP contribution in [0.15, 0.2) is 22.8 Å². The quantitative estimate of drug-likeness (QED) is 0.378. The van der Waals surface area contributed by atoms with E-state index < -0.39 is 11.8 Å². The number of ether oxygens (including phenoxy) is 1. The number of cyclic esters (lactones) is 1. The molecule has 0 amide bonds. The second-order valence-electron chi connectivity index (χ2n) is 13.7. The molecule has 4 nitrogen and oxygen atoms in total. The van der Waals surface area contributed by atoms with Gasteiger partial charge in [0.05, 0.1) is 0 Å². The first-order valence-corrected chi connectivity index (χ1v) is 13.6. The fourth-order valence-corrected chi connectivity index (χ4v) is 9.81. The molecule has 0 aromatic rings. The molecule has 5 rings (SSSR count). The summed E-state index contributed by atoms with van der Waals surface area (Å²) >= 11 is 0. The maximum Gasteiger partial charge on any atom is 0.336 e. The van der Waals surface area contributed by atoms with Gasteiger partial charge in [-0.25, -0.2) is 4.79 Å². The Kier molecular flexibility index (Phi) is 5.22. The van der Waals surface area contributed by atoms with Gasteiger partial charge in [0.2, 0.25) is 5.79 Å². The van der Waals surface area contributed by atoms with Crippen LogP contribution in [0.2, 0.25) is 0 Å². The maximum atomic E-state index is 12.8. The molecule has 4 aliphatic carbocycles. The van der Waals surface area contributed by atoms with Crippen LogP contribution in [0.4, 0.5) is 0 Å². The molecule has 5 aliphatic rings. The number of allylic oxidation sites excluding steroid dienone is 2. The molecule has 0 aromatic carbocycles. The van der Waals surface area contributed by atoms with Gasteiger partial charge in [-0.15, -0.1) is 0 Å². The molecule has 2 fully saturated rings. The Balaban J connectivity index is 1.46. The van der Waals surface area contributed by atoms with Crippen molar-refractivity contribution in [1.82, 2.24) is 0 Å². The third-order valence-electron chi connectivity index (χ3n) is 11.9. The van der Waals surface area contributed by atoms with Crippen LogP contribution in [-0.2, 0) is 14.3 Å². The lowest BCUT2D eigenvalue weighted by molar-refractivity contribution is -0.185. The van der Waals surface area contributed by atoms with Crippen LogP contribution in [0.25, 0.3) is 0 Å². The van der Waals surface area contributed by atoms with E-state index in [1.54, 1.807) is 24.1 Å². The van der Waals surface area contributed by atoms with E-state index in [2.05, 4.69) is 41.5 Å². The number of aliphatic hydroxyl groups is 1. The van der Waals surface area contributed by atoms with Crippen molar-refractivity contribution in [3.05, 3.63) is 22.8 Å². The van der Waals surface area contributed by atoms with Crippen molar-refractivity contribution in [2.24, 2.45) is 39.4 Å². The summed E-state index contributed by atoms with van der Waals surface area (Å²) in [5, 5.41) is 11.0. The molecule has 0 saturated heterocycles. The minimum atomic E-state index is -1.46. The van der Waals surface area contributed by atoms with E-state index in [1.807, 2.05) is 0 Å². The second-order valence-corrected chi connectivity index (χ2v) is 13.7. The predicted octanol–water partition coefficient (Wildman–Crippen LogP) is 6.52. The highest BCUT2D eigenvalue weighted by molar-refractivity contribution is 5.90. The topological polar surface area (TPSA) is 63.6 Å². The summed E-state index contributed by atoms with van der Waals surface area (Å²) in [4.78, 5) is 24.8. The lowest BCUT2D eigenvalue weighted by Gasteiger charge is -2.61. The van der Waals surface area contributed by atoms with E-state index in [-0.39, 0.29) is 27.6 Å². The molecular weight excluding hydrogens is 424 g/mol. The number of hydrogen-bond donors (Lipinski definition) is 1. The van der Waals surface area contributed by atoms with Gasteiger partial charge >= 0.3 is 5.97 Å². The maximum absolute atomic E-state index is 12.8. The van der Waals surface area contributed by atoms with Crippen molar-refractivity contribution in [3.8, 4) is 0 Å². The number of Topliss-reactive ketones (excluding diaryl/α,β-unsaturated/α-hetero) is 1. The molecule has 7 atom stereocenters. The molecule has 1 aliphatic heterocycles. The van der Waals surface area contributed by atoms with E-state index in [4.69, 9.17) is 4.74 Å². The van der Waals surface area contributed by atoms with Gasteiger partial charge in [0, 0.05) is 23.8 Å². The van der Waals surface area contributed by atoms with Gasteiger partial charge in [-0.05, 0) is 91.9 Å². The molecule has 1 unspecified atom stereocenters. The Labute approximate surface area is 205 Å². The van der Waals surface area contributed by atoms with Gasteiger partial charge in [-0.1, -0.05) is 52.7 Å². The molecule has 2 saturated carbocycles. The highest BCUT2D eigenvalue weighted by Gasteiger charge is 2.63. The fourth-order valence-electron chi connectivity index (χ4n) is 9.81. The van der Waals surface area contributed by atoms with Crippen molar-refractivity contribution in [2.75, 3.05) is 0 Å². The number of ketones is 1. The Morgan fingerprint density at radius 1 is 1.00 bits per heavy atom. The van der Waals surface area contributed by atoms with Gasteiger partial charge in [-0.3, -0.25) is 4.79 Å². The smallest absolute Gasteiger partial charge is 0.336 e. The minimum absolute atomic E-state index is 0.147. The number of carbonyl (C=O) groups excluding carboxylic acids is 2. The largest absolute Gasteiger partial charge is 0.426 e. The normalized spacial score (nSPS) is 46.4. The van der Waals surface area contributed by atoms with E-state index >= 15 is 0 Å². The molecule has 0 bridgehead atoms. The van der Waals surface area contributed by atoms with Crippen LogP contribution in [0.1, 0.15) is 106 Å². The first kappa shape index (κ1) is 24.3. The molecule has 1 heterocycles. The molecular formula is C30H44O4. The van der Waals surface area contributed by atoms with Crippen molar-refractivity contribution in [2.45, 2.75) is 112 Å². The van der Waals surface area contributed by atoms with Gasteiger partial charge in [-0.2, -0.15) is 0 Å². The van der Waals surface area contributed by atoms with E-state index in [1.165, 1.54) is 12.8 Å². The van der Waals surface area contributed by atoms with E-state index in [9.17, 15) is 14.7 Å². The minimum Gasteiger partial charge on any atom is -0.426 e. The Morgan fingerprint density at radius 3 is 2.35 bits per heavy atom. The number of hydrogen-bond acceptors (Lipinski definition) is 4. The molecule has 0 spiro atoms. The summed E-state index contributed by atoms with van der Waals surface area (Å²) in [7, 11) is 0. The lowest BCUT2D eigenvalue weighted by atomic mass is 9.43. The highest BCUT2D eigenvalue weighted by Crippen LogP contribution is 2.72. The van der Waals surface area contributed by atoms with Crippen molar-refractivity contribution < 1.29 is 19.4 Å². The summed E-state index contributed by atoms with van der Waals surface area (Å²) in [6, 6.07) is 0. The summed E-state index contributed by atoms with van der Waals surface area (Å²) < 4.78 is 5.36. The number of esters is 1.